The summed E-state index contributed by atoms with van der Waals surface area (Å²) in [7, 11) is -3.94. The number of rotatable bonds is 3. The van der Waals surface area contributed by atoms with E-state index in [9.17, 15) is 26.7 Å². The molecule has 166 valence electrons. The molecule has 1 aromatic carbocycles. The van der Waals surface area contributed by atoms with Crippen molar-refractivity contribution in [1.82, 2.24) is 9.44 Å². The SMILES string of the molecule is CC(C)N=C1NS(=O)(=O)NC1=N[C@@H]1c2cc(OC(F)(F)F)ccc2OC(C)(C)[C@H]1O. The third-order valence-electron chi connectivity index (χ3n) is 4.26. The standard InChI is InChI=1S/C17H21F3N4O5S/c1-8(2)21-14-15(24-30(26,27)23-14)22-12-10-7-9(28-17(18,19)20)5-6-11(10)29-16(3,4)13(12)25/h5-8,12-13,25H,1-4H3,(H,21,23)(H,22,24)/t12-,13+/m1/s1. The Kier molecular flexibility index (Phi) is 5.39. The number of halogens is 3. The molecule has 3 N–H and O–H groups in total. The van der Waals surface area contributed by atoms with E-state index in [4.69, 9.17) is 4.74 Å². The summed E-state index contributed by atoms with van der Waals surface area (Å²) >= 11 is 0. The molecule has 2 aliphatic rings. The maximum atomic E-state index is 12.6. The zero-order valence-corrected chi connectivity index (χ0v) is 17.3. The van der Waals surface area contributed by atoms with Gasteiger partial charge in [0.2, 0.25) is 0 Å². The largest absolute Gasteiger partial charge is 0.573 e. The minimum atomic E-state index is -4.91. The summed E-state index contributed by atoms with van der Waals surface area (Å²) in [6.45, 7) is 6.60. The number of alkyl halides is 3. The van der Waals surface area contributed by atoms with Gasteiger partial charge < -0.3 is 14.6 Å². The molecule has 13 heteroatoms. The van der Waals surface area contributed by atoms with Crippen LogP contribution in [0.5, 0.6) is 11.5 Å². The number of hydrogen-bond donors (Lipinski definition) is 3. The van der Waals surface area contributed by atoms with Crippen molar-refractivity contribution in [3.63, 3.8) is 0 Å². The van der Waals surface area contributed by atoms with Crippen molar-refractivity contribution in [2.45, 2.75) is 57.8 Å². The summed E-state index contributed by atoms with van der Waals surface area (Å²) in [6, 6.07) is 1.97. The van der Waals surface area contributed by atoms with E-state index in [1.165, 1.54) is 6.07 Å². The molecular weight excluding hydrogens is 429 g/mol. The zero-order valence-electron chi connectivity index (χ0n) is 16.5. The second-order valence-corrected chi connectivity index (χ2v) is 9.01. The number of aliphatic imine (C=N–C) groups is 2. The van der Waals surface area contributed by atoms with E-state index in [2.05, 4.69) is 24.2 Å². The highest BCUT2D eigenvalue weighted by atomic mass is 32.2. The van der Waals surface area contributed by atoms with Crippen molar-refractivity contribution in [2.75, 3.05) is 0 Å². The zero-order chi connectivity index (χ0) is 22.5. The first-order chi connectivity index (χ1) is 13.7. The van der Waals surface area contributed by atoms with Gasteiger partial charge in [-0.3, -0.25) is 9.98 Å². The second kappa shape index (κ2) is 7.30. The van der Waals surface area contributed by atoms with Crippen LogP contribution in [0.2, 0.25) is 0 Å². The first-order valence-electron chi connectivity index (χ1n) is 8.90. The molecule has 1 saturated heterocycles. The Bertz CT molecular complexity index is 1010. The molecule has 2 aliphatic heterocycles. The maximum absolute atomic E-state index is 12.6. The van der Waals surface area contributed by atoms with Gasteiger partial charge in [-0.15, -0.1) is 13.2 Å². The number of aliphatic hydroxyl groups is 1. The third kappa shape index (κ3) is 4.78. The number of ether oxygens (including phenoxy) is 2. The van der Waals surface area contributed by atoms with Crippen LogP contribution in [0, 0.1) is 0 Å². The van der Waals surface area contributed by atoms with E-state index >= 15 is 0 Å². The second-order valence-electron chi connectivity index (χ2n) is 7.60. The van der Waals surface area contributed by atoms with Gasteiger partial charge >= 0.3 is 16.6 Å². The number of fused-ring (bicyclic) bond motifs is 1. The van der Waals surface area contributed by atoms with Crippen LogP contribution in [0.3, 0.4) is 0 Å². The first-order valence-corrected chi connectivity index (χ1v) is 10.4. The molecule has 0 radical (unpaired) electrons. The molecule has 1 aromatic rings. The summed E-state index contributed by atoms with van der Waals surface area (Å²) in [5.74, 6) is -0.572. The molecule has 2 heterocycles. The summed E-state index contributed by atoms with van der Waals surface area (Å²) in [5.41, 5.74) is -1.06. The van der Waals surface area contributed by atoms with Gasteiger partial charge in [0.25, 0.3) is 0 Å². The Morgan fingerprint density at radius 1 is 1.23 bits per heavy atom. The molecule has 1 fully saturated rings. The van der Waals surface area contributed by atoms with Gasteiger partial charge in [0.05, 0.1) is 0 Å². The summed E-state index contributed by atoms with van der Waals surface area (Å²) in [6.07, 6.45) is -6.23. The Hall–Kier alpha value is -2.54. The molecule has 0 unspecified atom stereocenters. The van der Waals surface area contributed by atoms with Crippen LogP contribution in [-0.4, -0.2) is 49.3 Å². The van der Waals surface area contributed by atoms with Gasteiger partial charge in [-0.2, -0.15) is 8.42 Å². The molecule has 2 atom stereocenters. The topological polar surface area (TPSA) is 122 Å². The monoisotopic (exact) mass is 450 g/mol. The Balaban J connectivity index is 2.11. The summed E-state index contributed by atoms with van der Waals surface area (Å²) in [5, 5.41) is 10.8. The van der Waals surface area contributed by atoms with Crippen LogP contribution in [-0.2, 0) is 10.2 Å². The van der Waals surface area contributed by atoms with Crippen molar-refractivity contribution in [3.8, 4) is 11.5 Å². The molecule has 0 bridgehead atoms. The van der Waals surface area contributed by atoms with Gasteiger partial charge in [-0.05, 0) is 45.9 Å². The maximum Gasteiger partial charge on any atom is 0.573 e. The molecule has 0 spiro atoms. The lowest BCUT2D eigenvalue weighted by Gasteiger charge is -2.40. The van der Waals surface area contributed by atoms with E-state index in [-0.39, 0.29) is 29.0 Å². The van der Waals surface area contributed by atoms with Crippen molar-refractivity contribution in [1.29, 1.82) is 0 Å². The van der Waals surface area contributed by atoms with E-state index in [0.717, 1.165) is 12.1 Å². The van der Waals surface area contributed by atoms with Crippen LogP contribution < -0.4 is 18.9 Å². The van der Waals surface area contributed by atoms with E-state index in [0.29, 0.717) is 0 Å². The van der Waals surface area contributed by atoms with E-state index < -0.39 is 40.1 Å². The molecular formula is C17H21F3N4O5S. The highest BCUT2D eigenvalue weighted by Crippen LogP contribution is 2.44. The highest BCUT2D eigenvalue weighted by Gasteiger charge is 2.44. The molecule has 9 nitrogen and oxygen atoms in total. The van der Waals surface area contributed by atoms with Crippen LogP contribution in [0.4, 0.5) is 13.2 Å². The Morgan fingerprint density at radius 2 is 1.87 bits per heavy atom. The number of aliphatic hydroxyl groups excluding tert-OH is 1. The Morgan fingerprint density at radius 3 is 2.47 bits per heavy atom. The number of nitrogens with zero attached hydrogens (tertiary/aromatic N) is 2. The first kappa shape index (κ1) is 22.2. The van der Waals surface area contributed by atoms with Crippen LogP contribution in [0.1, 0.15) is 39.3 Å². The van der Waals surface area contributed by atoms with Gasteiger partial charge in [-0.1, -0.05) is 0 Å². The van der Waals surface area contributed by atoms with Crippen molar-refractivity contribution >= 4 is 21.9 Å². The lowest BCUT2D eigenvalue weighted by molar-refractivity contribution is -0.274. The van der Waals surface area contributed by atoms with Gasteiger partial charge in [0.1, 0.15) is 29.2 Å². The fourth-order valence-corrected chi connectivity index (χ4v) is 3.89. The van der Waals surface area contributed by atoms with Gasteiger partial charge in [-0.25, -0.2) is 9.44 Å². The van der Waals surface area contributed by atoms with Crippen LogP contribution in [0.15, 0.2) is 28.2 Å². The van der Waals surface area contributed by atoms with Crippen LogP contribution in [0.25, 0.3) is 0 Å². The molecule has 0 aromatic heterocycles. The fourth-order valence-electron chi connectivity index (χ4n) is 3.03. The van der Waals surface area contributed by atoms with Crippen LogP contribution >= 0.6 is 0 Å². The van der Waals surface area contributed by atoms with Gasteiger partial charge in [0.15, 0.2) is 11.7 Å². The normalized spacial score (nSPS) is 27.4. The average molecular weight is 450 g/mol. The molecule has 0 amide bonds. The van der Waals surface area contributed by atoms with Crippen molar-refractivity contribution in [2.24, 2.45) is 9.98 Å². The lowest BCUT2D eigenvalue weighted by atomic mass is 9.87. The summed E-state index contributed by atoms with van der Waals surface area (Å²) < 4.78 is 75.8. The quantitative estimate of drug-likeness (QED) is 0.648. The molecule has 0 saturated carbocycles. The minimum Gasteiger partial charge on any atom is -0.485 e. The van der Waals surface area contributed by atoms with Crippen molar-refractivity contribution < 1.29 is 36.2 Å². The molecule has 3 rings (SSSR count). The lowest BCUT2D eigenvalue weighted by Crippen LogP contribution is -2.48. The summed E-state index contributed by atoms with van der Waals surface area (Å²) in [4.78, 5) is 8.44. The average Bonchev–Trinajstić information content (AvgIpc) is 2.83. The fraction of sp³-hybridized carbons (Fsp3) is 0.529. The number of hydrogen-bond acceptors (Lipinski definition) is 7. The number of nitrogens with one attached hydrogen (secondary N) is 2. The molecule has 30 heavy (non-hydrogen) atoms. The highest BCUT2D eigenvalue weighted by molar-refractivity contribution is 7.89. The minimum absolute atomic E-state index is 0.0641. The molecule has 0 aliphatic carbocycles. The van der Waals surface area contributed by atoms with Gasteiger partial charge in [0, 0.05) is 11.6 Å². The predicted octanol–water partition coefficient (Wildman–Crippen LogP) is 1.80. The van der Waals surface area contributed by atoms with Crippen molar-refractivity contribution in [3.05, 3.63) is 23.8 Å². The number of benzene rings is 1. The van der Waals surface area contributed by atoms with E-state index in [1.54, 1.807) is 27.7 Å². The number of amidine groups is 2. The predicted molar refractivity (Wildman–Crippen MR) is 102 cm³/mol. The Labute approximate surface area is 171 Å². The third-order valence-corrected chi connectivity index (χ3v) is 5.18. The smallest absolute Gasteiger partial charge is 0.485 e. The van der Waals surface area contributed by atoms with E-state index in [1.807, 2.05) is 0 Å².